The summed E-state index contributed by atoms with van der Waals surface area (Å²) in [6, 6.07) is 4.45. The Labute approximate surface area is 124 Å². The van der Waals surface area contributed by atoms with E-state index in [4.69, 9.17) is 9.47 Å². The first-order valence-corrected chi connectivity index (χ1v) is 8.09. The van der Waals surface area contributed by atoms with E-state index in [1.165, 1.54) is 12.1 Å². The number of benzene rings is 1. The quantitative estimate of drug-likeness (QED) is 0.746. The van der Waals surface area contributed by atoms with Crippen molar-refractivity contribution in [2.24, 2.45) is 0 Å². The van der Waals surface area contributed by atoms with E-state index in [-0.39, 0.29) is 11.4 Å². The van der Waals surface area contributed by atoms with Gasteiger partial charge in [-0.15, -0.1) is 0 Å². The number of hydrogen-bond acceptors (Lipinski definition) is 6. The Kier molecular flexibility index (Phi) is 5.04. The molecule has 1 atom stereocenters. The molecule has 1 heterocycles. The van der Waals surface area contributed by atoms with Crippen LogP contribution in [0.5, 0.6) is 11.5 Å². The lowest BCUT2D eigenvalue weighted by atomic mass is 10.3. The second kappa shape index (κ2) is 6.61. The molecule has 0 saturated heterocycles. The average Bonchev–Trinajstić information content (AvgIpc) is 2.44. The summed E-state index contributed by atoms with van der Waals surface area (Å²) in [7, 11) is -0.0805. The Morgan fingerprint density at radius 2 is 1.95 bits per heavy atom. The molecule has 0 saturated carbocycles. The van der Waals surface area contributed by atoms with Crippen LogP contribution in [0.2, 0.25) is 0 Å². The summed E-state index contributed by atoms with van der Waals surface area (Å²) in [5.41, 5.74) is 0. The minimum atomic E-state index is -3.69. The lowest BCUT2D eigenvalue weighted by Crippen LogP contribution is -2.37. The maximum atomic E-state index is 12.2. The highest BCUT2D eigenvalue weighted by Gasteiger charge is 2.20. The molecule has 1 aromatic carbocycles. The van der Waals surface area contributed by atoms with E-state index in [1.807, 2.05) is 0 Å². The number of nitrogens with one attached hydrogen (secondary N) is 1. The largest absolute Gasteiger partial charge is 0.486 e. The van der Waals surface area contributed by atoms with Crippen LogP contribution in [0.1, 0.15) is 0 Å². The van der Waals surface area contributed by atoms with Gasteiger partial charge in [-0.05, 0) is 26.2 Å². The molecular weight excluding hydrogens is 296 g/mol. The van der Waals surface area contributed by atoms with Gasteiger partial charge in [-0.2, -0.15) is 0 Å². The zero-order chi connectivity index (χ0) is 15.5. The summed E-state index contributed by atoms with van der Waals surface area (Å²) in [5.74, 6) is 0.950. The molecule has 2 N–H and O–H groups in total. The van der Waals surface area contributed by atoms with Gasteiger partial charge in [0.05, 0.1) is 11.0 Å². The first-order chi connectivity index (χ1) is 9.88. The van der Waals surface area contributed by atoms with Gasteiger partial charge in [-0.25, -0.2) is 13.1 Å². The van der Waals surface area contributed by atoms with Gasteiger partial charge in [0.15, 0.2) is 11.5 Å². The first-order valence-electron chi connectivity index (χ1n) is 6.60. The van der Waals surface area contributed by atoms with Crippen molar-refractivity contribution in [2.75, 3.05) is 40.4 Å². The van der Waals surface area contributed by atoms with E-state index < -0.39 is 16.1 Å². The molecule has 0 amide bonds. The Balaban J connectivity index is 2.05. The lowest BCUT2D eigenvalue weighted by Gasteiger charge is -2.19. The van der Waals surface area contributed by atoms with E-state index in [2.05, 4.69) is 4.72 Å². The number of hydrogen-bond donors (Lipinski definition) is 2. The Morgan fingerprint density at radius 1 is 1.29 bits per heavy atom. The highest BCUT2D eigenvalue weighted by Crippen LogP contribution is 2.32. The molecule has 0 bridgehead atoms. The van der Waals surface area contributed by atoms with Crippen LogP contribution in [-0.4, -0.2) is 64.9 Å². The third kappa shape index (κ3) is 4.31. The normalized spacial score (nSPS) is 16.0. The molecule has 0 unspecified atom stereocenters. The van der Waals surface area contributed by atoms with Gasteiger partial charge in [-0.3, -0.25) is 0 Å². The second-order valence-corrected chi connectivity index (χ2v) is 6.84. The van der Waals surface area contributed by atoms with Gasteiger partial charge >= 0.3 is 0 Å². The van der Waals surface area contributed by atoms with Crippen LogP contribution in [0.15, 0.2) is 23.1 Å². The second-order valence-electron chi connectivity index (χ2n) is 5.07. The zero-order valence-corrected chi connectivity index (χ0v) is 12.9. The number of likely N-dealkylation sites (N-methyl/N-ethyl adjacent to an activating group) is 1. The number of ether oxygens (including phenoxy) is 2. The summed E-state index contributed by atoms with van der Waals surface area (Å²) in [5, 5.41) is 9.71. The zero-order valence-electron chi connectivity index (χ0n) is 12.1. The minimum Gasteiger partial charge on any atom is -0.486 e. The van der Waals surface area contributed by atoms with Crippen molar-refractivity contribution in [3.63, 3.8) is 0 Å². The van der Waals surface area contributed by atoms with Crippen LogP contribution in [0.4, 0.5) is 0 Å². The summed E-state index contributed by atoms with van der Waals surface area (Å²) in [4.78, 5) is 1.87. The third-order valence-corrected chi connectivity index (χ3v) is 4.33. The molecule has 2 rings (SSSR count). The molecule has 7 nitrogen and oxygen atoms in total. The van der Waals surface area contributed by atoms with Crippen LogP contribution < -0.4 is 14.2 Å². The van der Waals surface area contributed by atoms with Crippen LogP contribution in [0.25, 0.3) is 0 Å². The van der Waals surface area contributed by atoms with E-state index in [1.54, 1.807) is 25.1 Å². The van der Waals surface area contributed by atoms with Crippen molar-refractivity contribution in [1.29, 1.82) is 0 Å². The van der Waals surface area contributed by atoms with E-state index >= 15 is 0 Å². The summed E-state index contributed by atoms with van der Waals surface area (Å²) >= 11 is 0. The fraction of sp³-hybridized carbons (Fsp3) is 0.538. The molecule has 1 aliphatic rings. The van der Waals surface area contributed by atoms with Gasteiger partial charge < -0.3 is 19.5 Å². The van der Waals surface area contributed by atoms with E-state index in [0.717, 1.165) is 0 Å². The van der Waals surface area contributed by atoms with Gasteiger partial charge in [0.2, 0.25) is 10.0 Å². The van der Waals surface area contributed by atoms with Crippen molar-refractivity contribution >= 4 is 10.0 Å². The molecule has 118 valence electrons. The SMILES string of the molecule is CN(C)C[C@H](O)CNS(=O)(=O)c1ccc2c(c1)OCCO2. The molecule has 0 aromatic heterocycles. The molecule has 0 spiro atoms. The minimum absolute atomic E-state index is 0.0467. The highest BCUT2D eigenvalue weighted by atomic mass is 32.2. The van der Waals surface area contributed by atoms with Crippen LogP contribution in [0.3, 0.4) is 0 Å². The Hall–Kier alpha value is -1.35. The average molecular weight is 316 g/mol. The van der Waals surface area contributed by atoms with Crippen molar-refractivity contribution in [3.05, 3.63) is 18.2 Å². The molecular formula is C13H20N2O5S. The van der Waals surface area contributed by atoms with Crippen molar-refractivity contribution in [3.8, 4) is 11.5 Å². The fourth-order valence-electron chi connectivity index (χ4n) is 1.97. The maximum absolute atomic E-state index is 12.2. The Bertz CT molecular complexity index is 588. The lowest BCUT2D eigenvalue weighted by molar-refractivity contribution is 0.140. The number of aliphatic hydroxyl groups is 1. The van der Waals surface area contributed by atoms with E-state index in [9.17, 15) is 13.5 Å². The number of aliphatic hydroxyl groups excluding tert-OH is 1. The predicted molar refractivity (Wildman–Crippen MR) is 77.2 cm³/mol. The van der Waals surface area contributed by atoms with Crippen LogP contribution in [0, 0.1) is 0 Å². The number of nitrogens with zero attached hydrogens (tertiary/aromatic N) is 1. The fourth-order valence-corrected chi connectivity index (χ4v) is 3.05. The van der Waals surface area contributed by atoms with Crippen molar-refractivity contribution < 1.29 is 23.0 Å². The van der Waals surface area contributed by atoms with Gasteiger partial charge in [0.25, 0.3) is 0 Å². The highest BCUT2D eigenvalue weighted by molar-refractivity contribution is 7.89. The summed E-state index contributed by atoms with van der Waals surface area (Å²) in [6.45, 7) is 1.18. The smallest absolute Gasteiger partial charge is 0.240 e. The van der Waals surface area contributed by atoms with Gasteiger partial charge in [0, 0.05) is 19.2 Å². The molecule has 0 radical (unpaired) electrons. The molecule has 21 heavy (non-hydrogen) atoms. The van der Waals surface area contributed by atoms with Gasteiger partial charge in [0.1, 0.15) is 13.2 Å². The van der Waals surface area contributed by atoms with Crippen molar-refractivity contribution in [2.45, 2.75) is 11.0 Å². The van der Waals surface area contributed by atoms with E-state index in [0.29, 0.717) is 31.3 Å². The molecule has 1 aliphatic heterocycles. The summed E-state index contributed by atoms with van der Waals surface area (Å²) in [6.07, 6.45) is -0.771. The van der Waals surface area contributed by atoms with Crippen LogP contribution >= 0.6 is 0 Å². The van der Waals surface area contributed by atoms with Gasteiger partial charge in [-0.1, -0.05) is 0 Å². The number of rotatable bonds is 6. The molecule has 0 aliphatic carbocycles. The predicted octanol–water partition coefficient (Wildman–Crippen LogP) is -0.341. The maximum Gasteiger partial charge on any atom is 0.240 e. The summed E-state index contributed by atoms with van der Waals surface area (Å²) < 4.78 is 37.4. The topological polar surface area (TPSA) is 88.1 Å². The van der Waals surface area contributed by atoms with Crippen molar-refractivity contribution in [1.82, 2.24) is 9.62 Å². The third-order valence-electron chi connectivity index (χ3n) is 2.91. The Morgan fingerprint density at radius 3 is 2.62 bits per heavy atom. The standard InChI is InChI=1S/C13H20N2O5S/c1-15(2)9-10(16)8-14-21(17,18)11-3-4-12-13(7-11)20-6-5-19-12/h3-4,7,10,14,16H,5-6,8-9H2,1-2H3/t10-/m1/s1. The number of fused-ring (bicyclic) bond motifs is 1. The molecule has 1 aromatic rings. The molecule has 0 fully saturated rings. The first kappa shape index (κ1) is 16.0. The monoisotopic (exact) mass is 316 g/mol. The number of sulfonamides is 1. The molecule has 8 heteroatoms. The van der Waals surface area contributed by atoms with Crippen LogP contribution in [-0.2, 0) is 10.0 Å².